The number of carbonyl (C=O) groups is 1. The lowest BCUT2D eigenvalue weighted by Crippen LogP contribution is -2.46. The summed E-state index contributed by atoms with van der Waals surface area (Å²) in [6.07, 6.45) is 0.593. The number of nitrogens with zero attached hydrogens (tertiary/aromatic N) is 3. The maximum absolute atomic E-state index is 11.6. The smallest absolute Gasteiger partial charge is 0.223 e. The number of hydrogen-bond acceptors (Lipinski definition) is 4. The molecule has 1 heterocycles. The molecule has 1 saturated heterocycles. The Labute approximate surface area is 146 Å². The van der Waals surface area contributed by atoms with E-state index in [1.54, 1.807) is 19.0 Å². The average Bonchev–Trinajstić information content (AvgIpc) is 2.52. The maximum Gasteiger partial charge on any atom is 0.223 e. The predicted octanol–water partition coefficient (Wildman–Crippen LogP) is 0.377. The molecular formula is C17H35N5O2. The molecule has 24 heavy (non-hydrogen) atoms. The normalized spacial score (nSPS) is 19.4. The van der Waals surface area contributed by atoms with Gasteiger partial charge in [-0.05, 0) is 12.8 Å². The summed E-state index contributed by atoms with van der Waals surface area (Å²) >= 11 is 0. The Bertz CT molecular complexity index is 398. The van der Waals surface area contributed by atoms with E-state index in [4.69, 9.17) is 4.74 Å². The second-order valence-electron chi connectivity index (χ2n) is 6.83. The number of aliphatic imine (C=N–C) groups is 1. The molecule has 140 valence electrons. The summed E-state index contributed by atoms with van der Waals surface area (Å²) in [5.74, 6) is 1.52. The molecule has 1 fully saturated rings. The number of carbonyl (C=O) groups excluding carboxylic acids is 1. The molecule has 0 aromatic rings. The van der Waals surface area contributed by atoms with Crippen LogP contribution in [-0.2, 0) is 9.53 Å². The molecule has 0 aromatic carbocycles. The van der Waals surface area contributed by atoms with E-state index in [9.17, 15) is 4.79 Å². The highest BCUT2D eigenvalue weighted by Crippen LogP contribution is 2.08. The van der Waals surface area contributed by atoms with Gasteiger partial charge in [0.25, 0.3) is 0 Å². The molecule has 1 atom stereocenters. The minimum absolute atomic E-state index is 0.110. The van der Waals surface area contributed by atoms with Crippen LogP contribution in [0.15, 0.2) is 4.99 Å². The number of morpholine rings is 1. The van der Waals surface area contributed by atoms with Crippen molar-refractivity contribution in [3.05, 3.63) is 0 Å². The van der Waals surface area contributed by atoms with Crippen molar-refractivity contribution >= 4 is 11.9 Å². The molecule has 1 aliphatic rings. The lowest BCUT2D eigenvalue weighted by molar-refractivity contribution is -0.128. The zero-order chi connectivity index (χ0) is 17.9. The van der Waals surface area contributed by atoms with Crippen LogP contribution in [0, 0.1) is 5.92 Å². The van der Waals surface area contributed by atoms with Crippen molar-refractivity contribution in [1.29, 1.82) is 0 Å². The van der Waals surface area contributed by atoms with Crippen LogP contribution < -0.4 is 10.6 Å². The van der Waals surface area contributed by atoms with Crippen LogP contribution >= 0.6 is 0 Å². The van der Waals surface area contributed by atoms with Gasteiger partial charge in [-0.25, -0.2) is 0 Å². The van der Waals surface area contributed by atoms with Gasteiger partial charge in [0.1, 0.15) is 0 Å². The molecule has 7 heteroatoms. The second kappa shape index (κ2) is 11.3. The zero-order valence-electron chi connectivity index (χ0n) is 16.0. The lowest BCUT2D eigenvalue weighted by Gasteiger charge is -2.33. The minimum atomic E-state index is 0.110. The zero-order valence-corrected chi connectivity index (χ0v) is 16.0. The topological polar surface area (TPSA) is 69.2 Å². The Morgan fingerprint density at radius 3 is 2.75 bits per heavy atom. The third-order valence-corrected chi connectivity index (χ3v) is 3.77. The molecule has 0 bridgehead atoms. The summed E-state index contributed by atoms with van der Waals surface area (Å²) in [6.45, 7) is 12.3. The van der Waals surface area contributed by atoms with E-state index in [0.717, 1.165) is 38.7 Å². The first-order chi connectivity index (χ1) is 11.4. The van der Waals surface area contributed by atoms with Crippen molar-refractivity contribution in [3.63, 3.8) is 0 Å². The molecule has 1 rings (SSSR count). The largest absolute Gasteiger partial charge is 0.374 e. The monoisotopic (exact) mass is 341 g/mol. The van der Waals surface area contributed by atoms with Gasteiger partial charge in [0, 0.05) is 53.2 Å². The fourth-order valence-corrected chi connectivity index (χ4v) is 2.62. The highest BCUT2D eigenvalue weighted by atomic mass is 16.5. The van der Waals surface area contributed by atoms with Gasteiger partial charge in [-0.2, -0.15) is 0 Å². The van der Waals surface area contributed by atoms with Gasteiger partial charge >= 0.3 is 0 Å². The Kier molecular flexibility index (Phi) is 9.71. The van der Waals surface area contributed by atoms with Crippen molar-refractivity contribution in [2.75, 3.05) is 60.0 Å². The molecule has 2 N–H and O–H groups in total. The number of amides is 1. The molecular weight excluding hydrogens is 306 g/mol. The summed E-state index contributed by atoms with van der Waals surface area (Å²) < 4.78 is 5.83. The third-order valence-electron chi connectivity index (χ3n) is 3.77. The Balaban J connectivity index is 2.42. The van der Waals surface area contributed by atoms with E-state index in [2.05, 4.69) is 34.4 Å². The van der Waals surface area contributed by atoms with Crippen LogP contribution in [0.5, 0.6) is 0 Å². The highest BCUT2D eigenvalue weighted by molar-refractivity contribution is 5.81. The van der Waals surface area contributed by atoms with Gasteiger partial charge in [-0.1, -0.05) is 13.8 Å². The quantitative estimate of drug-likeness (QED) is 0.493. The number of guanidine groups is 1. The van der Waals surface area contributed by atoms with E-state index in [-0.39, 0.29) is 12.0 Å². The van der Waals surface area contributed by atoms with Gasteiger partial charge in [-0.15, -0.1) is 0 Å². The molecule has 0 saturated carbocycles. The van der Waals surface area contributed by atoms with Crippen LogP contribution in [0.1, 0.15) is 27.2 Å². The fraction of sp³-hybridized carbons (Fsp3) is 0.882. The van der Waals surface area contributed by atoms with Crippen LogP contribution in [-0.4, -0.2) is 87.7 Å². The van der Waals surface area contributed by atoms with Crippen molar-refractivity contribution in [1.82, 2.24) is 20.4 Å². The standard InChI is InChI=1S/C17H35N5O2/c1-6-18-17(19-8-7-16(23)21(4)5)20-11-15-13-22(9-10-24-15)12-14(2)3/h14-15H,6-13H2,1-5H3,(H2,18,19,20). The summed E-state index contributed by atoms with van der Waals surface area (Å²) in [7, 11) is 3.54. The number of ether oxygens (including phenoxy) is 1. The van der Waals surface area contributed by atoms with Gasteiger partial charge < -0.3 is 20.3 Å². The Hall–Kier alpha value is -1.34. The summed E-state index contributed by atoms with van der Waals surface area (Å²) in [6, 6.07) is 0. The number of hydrogen-bond donors (Lipinski definition) is 2. The lowest BCUT2D eigenvalue weighted by atomic mass is 10.2. The first-order valence-electron chi connectivity index (χ1n) is 8.98. The van der Waals surface area contributed by atoms with Crippen molar-refractivity contribution in [3.8, 4) is 0 Å². The first kappa shape index (κ1) is 20.7. The maximum atomic E-state index is 11.6. The van der Waals surface area contributed by atoms with E-state index in [1.165, 1.54) is 0 Å². The number of rotatable bonds is 8. The predicted molar refractivity (Wildman–Crippen MR) is 98.3 cm³/mol. The minimum Gasteiger partial charge on any atom is -0.374 e. The molecule has 0 aliphatic carbocycles. The summed E-state index contributed by atoms with van der Waals surface area (Å²) in [5, 5.41) is 6.43. The van der Waals surface area contributed by atoms with Gasteiger partial charge in [0.2, 0.25) is 5.91 Å². The number of nitrogens with one attached hydrogen (secondary N) is 2. The van der Waals surface area contributed by atoms with E-state index < -0.39 is 0 Å². The van der Waals surface area contributed by atoms with Gasteiger partial charge in [0.05, 0.1) is 19.3 Å². The summed E-state index contributed by atoms with van der Waals surface area (Å²) in [4.78, 5) is 20.3. The van der Waals surface area contributed by atoms with Gasteiger partial charge in [-0.3, -0.25) is 14.7 Å². The molecule has 0 aromatic heterocycles. The SMILES string of the molecule is CCNC(=NCC1CN(CC(C)C)CCO1)NCCC(=O)N(C)C. The summed E-state index contributed by atoms with van der Waals surface area (Å²) in [5.41, 5.74) is 0. The van der Waals surface area contributed by atoms with Crippen LogP contribution in [0.4, 0.5) is 0 Å². The van der Waals surface area contributed by atoms with Crippen LogP contribution in [0.25, 0.3) is 0 Å². The second-order valence-corrected chi connectivity index (χ2v) is 6.83. The van der Waals surface area contributed by atoms with E-state index in [0.29, 0.717) is 25.4 Å². The van der Waals surface area contributed by atoms with Crippen molar-refractivity contribution in [2.24, 2.45) is 10.9 Å². The molecule has 1 unspecified atom stereocenters. The van der Waals surface area contributed by atoms with Crippen LogP contribution in [0.3, 0.4) is 0 Å². The fourth-order valence-electron chi connectivity index (χ4n) is 2.62. The highest BCUT2D eigenvalue weighted by Gasteiger charge is 2.20. The molecule has 0 radical (unpaired) electrons. The molecule has 0 spiro atoms. The average molecular weight is 342 g/mol. The van der Waals surface area contributed by atoms with Crippen molar-refractivity contribution in [2.45, 2.75) is 33.3 Å². The first-order valence-corrected chi connectivity index (χ1v) is 8.98. The van der Waals surface area contributed by atoms with E-state index in [1.807, 2.05) is 6.92 Å². The molecule has 1 amide bonds. The molecule has 7 nitrogen and oxygen atoms in total. The molecule has 1 aliphatic heterocycles. The van der Waals surface area contributed by atoms with Crippen molar-refractivity contribution < 1.29 is 9.53 Å². The third kappa shape index (κ3) is 8.49. The Morgan fingerprint density at radius 2 is 2.12 bits per heavy atom. The Morgan fingerprint density at radius 1 is 1.38 bits per heavy atom. The van der Waals surface area contributed by atoms with Crippen LogP contribution in [0.2, 0.25) is 0 Å². The van der Waals surface area contributed by atoms with Gasteiger partial charge in [0.15, 0.2) is 5.96 Å². The van der Waals surface area contributed by atoms with E-state index >= 15 is 0 Å².